The number of hydrogen-bond donors (Lipinski definition) is 1. The van der Waals surface area contributed by atoms with E-state index in [1.165, 1.54) is 44.9 Å². The largest absolute Gasteiger partial charge is 0.481 e. The second-order valence-electron chi connectivity index (χ2n) is 7.64. The van der Waals surface area contributed by atoms with Gasteiger partial charge in [-0.2, -0.15) is 0 Å². The molecule has 1 rings (SSSR count). The topological polar surface area (TPSA) is 54.4 Å². The van der Waals surface area contributed by atoms with Gasteiger partial charge in [-0.15, -0.1) is 0 Å². The Morgan fingerprint density at radius 1 is 0.821 bits per heavy atom. The van der Waals surface area contributed by atoms with E-state index in [9.17, 15) is 14.7 Å². The van der Waals surface area contributed by atoms with Crippen molar-refractivity contribution in [1.29, 1.82) is 0 Å². The van der Waals surface area contributed by atoms with E-state index < -0.39 is 11.9 Å². The van der Waals surface area contributed by atoms with Crippen LogP contribution >= 0.6 is 0 Å². The second kappa shape index (κ2) is 16.1. The number of carbonyl (C=O) groups excluding carboxylic acids is 1. The van der Waals surface area contributed by atoms with Crippen LogP contribution in [-0.4, -0.2) is 16.9 Å². The molecule has 0 heterocycles. The van der Waals surface area contributed by atoms with Crippen molar-refractivity contribution in [3.63, 3.8) is 0 Å². The molecule has 0 spiro atoms. The summed E-state index contributed by atoms with van der Waals surface area (Å²) in [6, 6.07) is 8.75. The van der Waals surface area contributed by atoms with E-state index in [1.807, 2.05) is 6.07 Å². The van der Waals surface area contributed by atoms with Gasteiger partial charge in [0, 0.05) is 5.56 Å². The molecule has 0 aliphatic heterocycles. The van der Waals surface area contributed by atoms with Crippen LogP contribution in [0.25, 0.3) is 0 Å². The predicted octanol–water partition coefficient (Wildman–Crippen LogP) is 7.22. The van der Waals surface area contributed by atoms with Crippen LogP contribution in [-0.2, 0) is 4.79 Å². The van der Waals surface area contributed by atoms with Gasteiger partial charge in [0.1, 0.15) is 5.92 Å². The number of aliphatic carboxylic acids is 1. The fraction of sp³-hybridized carbons (Fsp3) is 0.600. The van der Waals surface area contributed by atoms with Crippen LogP contribution in [0.3, 0.4) is 0 Å². The standard InChI is InChI=1S/C25H38O3/c1-2-3-4-5-6-7-8-9-10-11-12-13-14-18-21-23(25(27)28)24(26)22-19-16-15-17-20-22/h9-10,15-17,19-20,23H,2-8,11-14,18,21H2,1H3,(H,27,28)/b10-9-. The number of carboxylic acid groups (broad SMARTS) is 1. The highest BCUT2D eigenvalue weighted by Crippen LogP contribution is 2.17. The second-order valence-corrected chi connectivity index (χ2v) is 7.64. The monoisotopic (exact) mass is 386 g/mol. The maximum absolute atomic E-state index is 12.4. The molecule has 0 aromatic heterocycles. The Hall–Kier alpha value is -1.90. The Morgan fingerprint density at radius 2 is 1.36 bits per heavy atom. The van der Waals surface area contributed by atoms with Crippen molar-refractivity contribution >= 4 is 11.8 Å². The molecule has 1 N–H and O–H groups in total. The fourth-order valence-corrected chi connectivity index (χ4v) is 3.41. The van der Waals surface area contributed by atoms with Crippen LogP contribution in [0.2, 0.25) is 0 Å². The molecule has 0 bridgehead atoms. The quantitative estimate of drug-likeness (QED) is 0.133. The molecule has 1 aromatic rings. The van der Waals surface area contributed by atoms with Crippen LogP contribution in [0.1, 0.15) is 101 Å². The third kappa shape index (κ3) is 11.1. The molecule has 1 unspecified atom stereocenters. The van der Waals surface area contributed by atoms with E-state index in [4.69, 9.17) is 0 Å². The molecule has 0 radical (unpaired) electrons. The minimum Gasteiger partial charge on any atom is -0.481 e. The van der Waals surface area contributed by atoms with E-state index in [0.717, 1.165) is 32.1 Å². The Morgan fingerprint density at radius 3 is 1.93 bits per heavy atom. The number of benzene rings is 1. The molecule has 3 nitrogen and oxygen atoms in total. The predicted molar refractivity (Wildman–Crippen MR) is 117 cm³/mol. The summed E-state index contributed by atoms with van der Waals surface area (Å²) in [7, 11) is 0. The number of carboxylic acids is 1. The first kappa shape index (κ1) is 24.1. The van der Waals surface area contributed by atoms with Gasteiger partial charge in [0.05, 0.1) is 0 Å². The van der Waals surface area contributed by atoms with Gasteiger partial charge < -0.3 is 5.11 Å². The molecule has 156 valence electrons. The SMILES string of the molecule is CCCCCCCC/C=C\CCCCCCC(C(=O)O)C(=O)c1ccccc1. The van der Waals surface area contributed by atoms with Crippen molar-refractivity contribution in [2.24, 2.45) is 5.92 Å². The first-order valence-electron chi connectivity index (χ1n) is 11.1. The molecule has 1 atom stereocenters. The molecule has 0 aliphatic rings. The summed E-state index contributed by atoms with van der Waals surface area (Å²) >= 11 is 0. The van der Waals surface area contributed by atoms with Crippen LogP contribution in [0.5, 0.6) is 0 Å². The lowest BCUT2D eigenvalue weighted by Crippen LogP contribution is -2.23. The number of Topliss-reactive ketones (excluding diaryl/α,β-unsaturated/α-hetero) is 1. The summed E-state index contributed by atoms with van der Waals surface area (Å²) in [5.41, 5.74) is 0.491. The normalized spacial score (nSPS) is 12.3. The smallest absolute Gasteiger partial charge is 0.314 e. The molecule has 0 fully saturated rings. The zero-order valence-corrected chi connectivity index (χ0v) is 17.6. The van der Waals surface area contributed by atoms with E-state index in [2.05, 4.69) is 19.1 Å². The lowest BCUT2D eigenvalue weighted by molar-refractivity contribution is -0.140. The van der Waals surface area contributed by atoms with E-state index >= 15 is 0 Å². The van der Waals surface area contributed by atoms with Gasteiger partial charge in [-0.05, 0) is 32.1 Å². The third-order valence-corrected chi connectivity index (χ3v) is 5.18. The minimum absolute atomic E-state index is 0.272. The first-order valence-corrected chi connectivity index (χ1v) is 11.1. The number of unbranched alkanes of at least 4 members (excludes halogenated alkanes) is 10. The molecule has 3 heteroatoms. The number of allylic oxidation sites excluding steroid dienone is 2. The maximum Gasteiger partial charge on any atom is 0.314 e. The van der Waals surface area contributed by atoms with Crippen molar-refractivity contribution in [3.8, 4) is 0 Å². The van der Waals surface area contributed by atoms with Gasteiger partial charge in [0.25, 0.3) is 0 Å². The van der Waals surface area contributed by atoms with Crippen molar-refractivity contribution in [1.82, 2.24) is 0 Å². The average Bonchev–Trinajstić information content (AvgIpc) is 2.71. The average molecular weight is 387 g/mol. The summed E-state index contributed by atoms with van der Waals surface area (Å²) in [6.07, 6.45) is 19.4. The zero-order chi connectivity index (χ0) is 20.5. The van der Waals surface area contributed by atoms with Gasteiger partial charge in [0.15, 0.2) is 5.78 Å². The van der Waals surface area contributed by atoms with E-state index in [1.54, 1.807) is 24.3 Å². The summed E-state index contributed by atoms with van der Waals surface area (Å²) < 4.78 is 0. The fourth-order valence-electron chi connectivity index (χ4n) is 3.41. The highest BCUT2D eigenvalue weighted by Gasteiger charge is 2.26. The Balaban J connectivity index is 2.08. The van der Waals surface area contributed by atoms with Crippen molar-refractivity contribution < 1.29 is 14.7 Å². The van der Waals surface area contributed by atoms with Gasteiger partial charge >= 0.3 is 5.97 Å². The molecule has 0 aliphatic carbocycles. The Labute approximate surface area is 171 Å². The van der Waals surface area contributed by atoms with Crippen molar-refractivity contribution in [2.75, 3.05) is 0 Å². The van der Waals surface area contributed by atoms with Gasteiger partial charge in [-0.1, -0.05) is 101 Å². The van der Waals surface area contributed by atoms with Crippen LogP contribution in [0.4, 0.5) is 0 Å². The Kier molecular flexibility index (Phi) is 13.9. The summed E-state index contributed by atoms with van der Waals surface area (Å²) in [4.78, 5) is 23.8. The lowest BCUT2D eigenvalue weighted by Gasteiger charge is -2.11. The number of rotatable bonds is 17. The van der Waals surface area contributed by atoms with Crippen molar-refractivity contribution in [2.45, 2.75) is 90.4 Å². The molecule has 0 saturated heterocycles. The first-order chi connectivity index (χ1) is 13.7. The molecule has 0 saturated carbocycles. The van der Waals surface area contributed by atoms with Crippen LogP contribution in [0.15, 0.2) is 42.5 Å². The number of ketones is 1. The highest BCUT2D eigenvalue weighted by atomic mass is 16.4. The number of hydrogen-bond acceptors (Lipinski definition) is 2. The van der Waals surface area contributed by atoms with Gasteiger partial charge in [0.2, 0.25) is 0 Å². The summed E-state index contributed by atoms with van der Waals surface area (Å²) in [5, 5.41) is 9.38. The van der Waals surface area contributed by atoms with Gasteiger partial charge in [-0.25, -0.2) is 0 Å². The summed E-state index contributed by atoms with van der Waals surface area (Å²) in [6.45, 7) is 2.25. The Bertz CT molecular complexity index is 562. The zero-order valence-electron chi connectivity index (χ0n) is 17.6. The van der Waals surface area contributed by atoms with Crippen LogP contribution in [0, 0.1) is 5.92 Å². The molecule has 1 aromatic carbocycles. The lowest BCUT2D eigenvalue weighted by atomic mass is 9.92. The highest BCUT2D eigenvalue weighted by molar-refractivity contribution is 6.08. The maximum atomic E-state index is 12.4. The van der Waals surface area contributed by atoms with Gasteiger partial charge in [-0.3, -0.25) is 9.59 Å². The minimum atomic E-state index is -1.01. The number of carbonyl (C=O) groups is 2. The van der Waals surface area contributed by atoms with E-state index in [0.29, 0.717) is 12.0 Å². The van der Waals surface area contributed by atoms with Crippen LogP contribution < -0.4 is 0 Å². The van der Waals surface area contributed by atoms with Crippen molar-refractivity contribution in [3.05, 3.63) is 48.0 Å². The summed E-state index contributed by atoms with van der Waals surface area (Å²) in [5.74, 6) is -2.20. The molecular formula is C25H38O3. The third-order valence-electron chi connectivity index (χ3n) is 5.18. The molecular weight excluding hydrogens is 348 g/mol. The molecule has 28 heavy (non-hydrogen) atoms. The van der Waals surface area contributed by atoms with E-state index in [-0.39, 0.29) is 5.78 Å². The molecule has 0 amide bonds.